The summed E-state index contributed by atoms with van der Waals surface area (Å²) in [6.07, 6.45) is 3.76. The van der Waals surface area contributed by atoms with Gasteiger partial charge in [-0.3, -0.25) is 9.59 Å². The lowest BCUT2D eigenvalue weighted by Gasteiger charge is -2.18. The zero-order valence-corrected chi connectivity index (χ0v) is 14.6. The molecular weight excluding hydrogens is 341 g/mol. The summed E-state index contributed by atoms with van der Waals surface area (Å²) in [5.74, 6) is -1.06. The molecule has 0 spiro atoms. The maximum atomic E-state index is 13.2. The number of rotatable bonds is 6. The van der Waals surface area contributed by atoms with Crippen LogP contribution in [0.5, 0.6) is 0 Å². The molecule has 4 nitrogen and oxygen atoms in total. The van der Waals surface area contributed by atoms with Gasteiger partial charge in [0.2, 0.25) is 0 Å². The van der Waals surface area contributed by atoms with Crippen molar-refractivity contribution >= 4 is 23.2 Å². The highest BCUT2D eigenvalue weighted by molar-refractivity contribution is 7.10. The summed E-state index contributed by atoms with van der Waals surface area (Å²) in [5.41, 5.74) is 0.777. The third kappa shape index (κ3) is 4.66. The second-order valence-corrected chi connectivity index (χ2v) is 7.14. The minimum absolute atomic E-state index is 0.0713. The van der Waals surface area contributed by atoms with E-state index in [0.717, 1.165) is 36.1 Å². The first-order valence-electron chi connectivity index (χ1n) is 8.38. The Morgan fingerprint density at radius 3 is 2.56 bits per heavy atom. The summed E-state index contributed by atoms with van der Waals surface area (Å²) in [7, 11) is 0. The van der Waals surface area contributed by atoms with E-state index in [9.17, 15) is 14.0 Å². The van der Waals surface area contributed by atoms with E-state index in [2.05, 4.69) is 5.32 Å². The van der Waals surface area contributed by atoms with Gasteiger partial charge in [0.1, 0.15) is 5.82 Å². The minimum Gasteiger partial charge on any atom is -0.455 e. The molecule has 6 heteroatoms. The summed E-state index contributed by atoms with van der Waals surface area (Å²) in [5, 5.41) is 4.79. The number of carbonyl (C=O) groups excluding carboxylic acids is 2. The second kappa shape index (κ2) is 8.25. The molecule has 1 atom stereocenters. The van der Waals surface area contributed by atoms with Crippen molar-refractivity contribution in [1.29, 1.82) is 0 Å². The maximum Gasteiger partial charge on any atom is 0.309 e. The second-order valence-electron chi connectivity index (χ2n) is 6.16. The first-order valence-corrected chi connectivity index (χ1v) is 9.26. The van der Waals surface area contributed by atoms with Crippen molar-refractivity contribution in [3.8, 4) is 0 Å². The Balaban J connectivity index is 1.62. The van der Waals surface area contributed by atoms with Gasteiger partial charge in [0.25, 0.3) is 5.91 Å². The Morgan fingerprint density at radius 1 is 1.20 bits per heavy atom. The predicted octanol–water partition coefficient (Wildman–Crippen LogP) is 3.83. The molecule has 1 fully saturated rings. The van der Waals surface area contributed by atoms with Crippen LogP contribution in [0.15, 0.2) is 41.8 Å². The normalized spacial score (nSPS) is 15.7. The Labute approximate surface area is 150 Å². The van der Waals surface area contributed by atoms with Crippen LogP contribution in [0.25, 0.3) is 0 Å². The number of benzene rings is 1. The van der Waals surface area contributed by atoms with E-state index in [1.54, 1.807) is 12.1 Å². The highest BCUT2D eigenvalue weighted by Gasteiger charge is 2.25. The number of hydrogen-bond donors (Lipinski definition) is 1. The van der Waals surface area contributed by atoms with Crippen LogP contribution >= 0.6 is 11.3 Å². The monoisotopic (exact) mass is 361 g/mol. The number of esters is 1. The number of hydrogen-bond acceptors (Lipinski definition) is 4. The van der Waals surface area contributed by atoms with Crippen molar-refractivity contribution in [3.63, 3.8) is 0 Å². The molecule has 1 N–H and O–H groups in total. The van der Waals surface area contributed by atoms with Gasteiger partial charge in [0.15, 0.2) is 6.61 Å². The molecule has 1 aromatic carbocycles. The molecule has 2 aromatic rings. The van der Waals surface area contributed by atoms with E-state index in [1.165, 1.54) is 23.5 Å². The lowest BCUT2D eigenvalue weighted by Crippen LogP contribution is -2.33. The topological polar surface area (TPSA) is 55.4 Å². The SMILES string of the molecule is O=C(COC(=O)C1CCCC1)N[C@H](c1ccc(F)cc1)c1cccs1. The molecule has 1 aromatic heterocycles. The van der Waals surface area contributed by atoms with Crippen LogP contribution in [-0.4, -0.2) is 18.5 Å². The lowest BCUT2D eigenvalue weighted by molar-refractivity contribution is -0.152. The van der Waals surface area contributed by atoms with Crippen molar-refractivity contribution < 1.29 is 18.7 Å². The van der Waals surface area contributed by atoms with Crippen LogP contribution in [0, 0.1) is 11.7 Å². The molecule has 25 heavy (non-hydrogen) atoms. The summed E-state index contributed by atoms with van der Waals surface area (Å²) < 4.78 is 18.3. The highest BCUT2D eigenvalue weighted by atomic mass is 32.1. The van der Waals surface area contributed by atoms with E-state index in [1.807, 2.05) is 17.5 Å². The van der Waals surface area contributed by atoms with Crippen molar-refractivity contribution in [2.75, 3.05) is 6.61 Å². The van der Waals surface area contributed by atoms with E-state index in [-0.39, 0.29) is 30.2 Å². The number of carbonyl (C=O) groups is 2. The van der Waals surface area contributed by atoms with Gasteiger partial charge in [-0.25, -0.2) is 4.39 Å². The molecular formula is C19H20FNO3S. The fraction of sp³-hybridized carbons (Fsp3) is 0.368. The molecule has 1 aliphatic rings. The molecule has 1 saturated carbocycles. The van der Waals surface area contributed by atoms with E-state index in [4.69, 9.17) is 4.74 Å². The summed E-state index contributed by atoms with van der Waals surface area (Å²) >= 11 is 1.50. The summed E-state index contributed by atoms with van der Waals surface area (Å²) in [4.78, 5) is 25.1. The maximum absolute atomic E-state index is 13.2. The zero-order valence-electron chi connectivity index (χ0n) is 13.7. The van der Waals surface area contributed by atoms with Crippen molar-refractivity contribution in [2.24, 2.45) is 5.92 Å². The molecule has 0 saturated heterocycles. The Hall–Kier alpha value is -2.21. The number of nitrogens with one attached hydrogen (secondary N) is 1. The quantitative estimate of drug-likeness (QED) is 0.796. The molecule has 0 bridgehead atoms. The van der Waals surface area contributed by atoms with Crippen molar-refractivity contribution in [1.82, 2.24) is 5.32 Å². The van der Waals surface area contributed by atoms with Crippen LogP contribution < -0.4 is 5.32 Å². The van der Waals surface area contributed by atoms with Crippen LogP contribution in [0.3, 0.4) is 0 Å². The number of halogens is 1. The van der Waals surface area contributed by atoms with Gasteiger partial charge in [-0.2, -0.15) is 0 Å². The fourth-order valence-corrected chi connectivity index (χ4v) is 3.85. The fourth-order valence-electron chi connectivity index (χ4n) is 3.05. The molecule has 132 valence electrons. The standard InChI is InChI=1S/C19H20FNO3S/c20-15-9-7-13(8-10-15)18(16-6-3-11-25-16)21-17(22)12-24-19(23)14-4-1-2-5-14/h3,6-11,14,18H,1-2,4-5,12H2,(H,21,22)/t18-/m1/s1. The number of amides is 1. The minimum atomic E-state index is -0.390. The first-order chi connectivity index (χ1) is 12.1. The molecule has 0 unspecified atom stereocenters. The molecule has 3 rings (SSSR count). The molecule has 1 heterocycles. The van der Waals surface area contributed by atoms with Gasteiger partial charge in [0, 0.05) is 4.88 Å². The van der Waals surface area contributed by atoms with Gasteiger partial charge in [-0.1, -0.05) is 31.0 Å². The van der Waals surface area contributed by atoms with Crippen LogP contribution in [0.4, 0.5) is 4.39 Å². The lowest BCUT2D eigenvalue weighted by atomic mass is 10.1. The van der Waals surface area contributed by atoms with Crippen molar-refractivity contribution in [2.45, 2.75) is 31.7 Å². The molecule has 0 radical (unpaired) electrons. The Morgan fingerprint density at radius 2 is 1.92 bits per heavy atom. The largest absolute Gasteiger partial charge is 0.455 e. The van der Waals surface area contributed by atoms with E-state index in [0.29, 0.717) is 0 Å². The third-order valence-electron chi connectivity index (χ3n) is 4.37. The third-order valence-corrected chi connectivity index (χ3v) is 5.31. The van der Waals surface area contributed by atoms with Gasteiger partial charge in [-0.05, 0) is 42.0 Å². The number of ether oxygens (including phenoxy) is 1. The van der Waals surface area contributed by atoms with Gasteiger partial charge < -0.3 is 10.1 Å². The Kier molecular flexibility index (Phi) is 5.81. The number of thiophene rings is 1. The van der Waals surface area contributed by atoms with Gasteiger partial charge in [0.05, 0.1) is 12.0 Å². The molecule has 1 amide bonds. The highest BCUT2D eigenvalue weighted by Crippen LogP contribution is 2.27. The smallest absolute Gasteiger partial charge is 0.309 e. The first kappa shape index (κ1) is 17.6. The van der Waals surface area contributed by atoms with Crippen LogP contribution in [0.2, 0.25) is 0 Å². The zero-order chi connectivity index (χ0) is 17.6. The van der Waals surface area contributed by atoms with Crippen LogP contribution in [0.1, 0.15) is 42.2 Å². The summed E-state index contributed by atoms with van der Waals surface area (Å²) in [6.45, 7) is -0.293. The summed E-state index contributed by atoms with van der Waals surface area (Å²) in [6, 6.07) is 9.42. The van der Waals surface area contributed by atoms with Gasteiger partial charge in [-0.15, -0.1) is 11.3 Å². The Bertz CT molecular complexity index is 709. The van der Waals surface area contributed by atoms with E-state index >= 15 is 0 Å². The van der Waals surface area contributed by atoms with E-state index < -0.39 is 6.04 Å². The average molecular weight is 361 g/mol. The van der Waals surface area contributed by atoms with Gasteiger partial charge >= 0.3 is 5.97 Å². The van der Waals surface area contributed by atoms with Crippen LogP contribution in [-0.2, 0) is 14.3 Å². The van der Waals surface area contributed by atoms with Crippen molar-refractivity contribution in [3.05, 3.63) is 58.0 Å². The molecule has 0 aliphatic heterocycles. The average Bonchev–Trinajstić information content (AvgIpc) is 3.31. The predicted molar refractivity (Wildman–Crippen MR) is 93.6 cm³/mol. The molecule has 1 aliphatic carbocycles.